The van der Waals surface area contributed by atoms with E-state index in [1.54, 1.807) is 18.3 Å². The standard InChI is InChI=1S/C13H16N4O2/c1-8(2)12(14)13-15-7-11(16-13)9-3-5-10(6-4-9)17(18)19/h3-8,12H,14H2,1-2H3,(H,15,16). The molecule has 1 aromatic heterocycles. The minimum Gasteiger partial charge on any atom is -0.341 e. The second kappa shape index (κ2) is 5.19. The second-order valence-corrected chi connectivity index (χ2v) is 4.76. The van der Waals surface area contributed by atoms with Crippen LogP contribution in [0.25, 0.3) is 11.3 Å². The van der Waals surface area contributed by atoms with Crippen LogP contribution in [0.5, 0.6) is 0 Å². The third kappa shape index (κ3) is 2.79. The summed E-state index contributed by atoms with van der Waals surface area (Å²) >= 11 is 0. The van der Waals surface area contributed by atoms with Crippen LogP contribution < -0.4 is 5.73 Å². The molecular formula is C13H16N4O2. The summed E-state index contributed by atoms with van der Waals surface area (Å²) in [5.74, 6) is 1.01. The molecule has 2 rings (SSSR count). The summed E-state index contributed by atoms with van der Waals surface area (Å²) in [4.78, 5) is 17.6. The van der Waals surface area contributed by atoms with Gasteiger partial charge < -0.3 is 10.7 Å². The number of hydrogen-bond acceptors (Lipinski definition) is 4. The Morgan fingerprint density at radius 2 is 1.95 bits per heavy atom. The molecule has 1 aromatic carbocycles. The molecule has 0 saturated heterocycles. The number of hydrogen-bond donors (Lipinski definition) is 2. The highest BCUT2D eigenvalue weighted by atomic mass is 16.6. The monoisotopic (exact) mass is 260 g/mol. The summed E-state index contributed by atoms with van der Waals surface area (Å²) in [6.07, 6.45) is 1.69. The fourth-order valence-corrected chi connectivity index (χ4v) is 1.73. The summed E-state index contributed by atoms with van der Waals surface area (Å²) in [6.45, 7) is 4.05. The Balaban J connectivity index is 2.25. The molecule has 2 aromatic rings. The summed E-state index contributed by atoms with van der Waals surface area (Å²) in [5.41, 5.74) is 7.74. The van der Waals surface area contributed by atoms with Crippen LogP contribution in [0, 0.1) is 16.0 Å². The minimum absolute atomic E-state index is 0.0716. The fourth-order valence-electron chi connectivity index (χ4n) is 1.73. The Morgan fingerprint density at radius 1 is 1.32 bits per heavy atom. The highest BCUT2D eigenvalue weighted by molar-refractivity contribution is 5.60. The minimum atomic E-state index is -0.420. The maximum atomic E-state index is 10.6. The average Bonchev–Trinajstić information content (AvgIpc) is 2.87. The zero-order chi connectivity index (χ0) is 14.0. The van der Waals surface area contributed by atoms with Crippen molar-refractivity contribution < 1.29 is 4.92 Å². The number of H-pyrrole nitrogens is 1. The molecule has 0 amide bonds. The molecule has 100 valence electrons. The van der Waals surface area contributed by atoms with Crippen LogP contribution in [0.4, 0.5) is 5.69 Å². The lowest BCUT2D eigenvalue weighted by molar-refractivity contribution is -0.384. The van der Waals surface area contributed by atoms with Crippen LogP contribution in [-0.4, -0.2) is 14.9 Å². The zero-order valence-corrected chi connectivity index (χ0v) is 10.8. The maximum Gasteiger partial charge on any atom is 0.269 e. The van der Waals surface area contributed by atoms with Crippen LogP contribution >= 0.6 is 0 Å². The molecular weight excluding hydrogens is 244 g/mol. The van der Waals surface area contributed by atoms with Crippen molar-refractivity contribution in [3.8, 4) is 11.3 Å². The average molecular weight is 260 g/mol. The van der Waals surface area contributed by atoms with Crippen molar-refractivity contribution >= 4 is 5.69 Å². The lowest BCUT2D eigenvalue weighted by Gasteiger charge is -2.12. The maximum absolute atomic E-state index is 10.6. The predicted octanol–water partition coefficient (Wildman–Crippen LogP) is 2.64. The number of nitrogens with two attached hydrogens (primary N) is 1. The van der Waals surface area contributed by atoms with Crippen molar-refractivity contribution in [3.63, 3.8) is 0 Å². The van der Waals surface area contributed by atoms with Crippen LogP contribution in [-0.2, 0) is 0 Å². The number of nitro groups is 1. The summed E-state index contributed by atoms with van der Waals surface area (Å²) in [5, 5.41) is 10.6. The Bertz CT molecular complexity index is 575. The number of nitrogens with zero attached hydrogens (tertiary/aromatic N) is 2. The highest BCUT2D eigenvalue weighted by Gasteiger charge is 2.14. The van der Waals surface area contributed by atoms with Crippen molar-refractivity contribution in [2.45, 2.75) is 19.9 Å². The summed E-state index contributed by atoms with van der Waals surface area (Å²) in [6, 6.07) is 6.18. The van der Waals surface area contributed by atoms with Crippen molar-refractivity contribution in [3.05, 3.63) is 46.4 Å². The topological polar surface area (TPSA) is 97.8 Å². The molecule has 0 bridgehead atoms. The molecule has 0 radical (unpaired) electrons. The number of nitrogens with one attached hydrogen (secondary N) is 1. The first-order valence-electron chi connectivity index (χ1n) is 6.04. The Labute approximate surface area is 110 Å². The molecule has 0 saturated carbocycles. The predicted molar refractivity (Wildman–Crippen MR) is 72.4 cm³/mol. The first kappa shape index (κ1) is 13.2. The van der Waals surface area contributed by atoms with Gasteiger partial charge in [0, 0.05) is 17.7 Å². The van der Waals surface area contributed by atoms with Gasteiger partial charge in [-0.2, -0.15) is 0 Å². The van der Waals surface area contributed by atoms with Gasteiger partial charge in [0.1, 0.15) is 5.82 Å². The van der Waals surface area contributed by atoms with Crippen LogP contribution in [0.15, 0.2) is 30.5 Å². The second-order valence-electron chi connectivity index (χ2n) is 4.76. The van der Waals surface area contributed by atoms with Crippen molar-refractivity contribution in [1.82, 2.24) is 9.97 Å². The van der Waals surface area contributed by atoms with Gasteiger partial charge in [0.2, 0.25) is 0 Å². The van der Waals surface area contributed by atoms with E-state index in [0.29, 0.717) is 0 Å². The Hall–Kier alpha value is -2.21. The highest BCUT2D eigenvalue weighted by Crippen LogP contribution is 2.23. The van der Waals surface area contributed by atoms with Crippen LogP contribution in [0.1, 0.15) is 25.7 Å². The molecule has 6 nitrogen and oxygen atoms in total. The van der Waals surface area contributed by atoms with Crippen molar-refractivity contribution in [2.75, 3.05) is 0 Å². The number of benzene rings is 1. The Kier molecular flexibility index (Phi) is 3.62. The van der Waals surface area contributed by atoms with Gasteiger partial charge in [-0.25, -0.2) is 4.98 Å². The summed E-state index contributed by atoms with van der Waals surface area (Å²) in [7, 11) is 0. The molecule has 1 unspecified atom stereocenters. The smallest absolute Gasteiger partial charge is 0.269 e. The third-order valence-electron chi connectivity index (χ3n) is 3.02. The van der Waals surface area contributed by atoms with Crippen LogP contribution in [0.2, 0.25) is 0 Å². The number of nitro benzene ring substituents is 1. The fraction of sp³-hybridized carbons (Fsp3) is 0.308. The van der Waals surface area contributed by atoms with Gasteiger partial charge in [-0.3, -0.25) is 10.1 Å². The largest absolute Gasteiger partial charge is 0.341 e. The van der Waals surface area contributed by atoms with Gasteiger partial charge in [0.15, 0.2) is 0 Å². The number of aromatic amines is 1. The van der Waals surface area contributed by atoms with Gasteiger partial charge in [0.25, 0.3) is 5.69 Å². The van der Waals surface area contributed by atoms with Gasteiger partial charge in [-0.15, -0.1) is 0 Å². The number of non-ortho nitro benzene ring substituents is 1. The van der Waals surface area contributed by atoms with Crippen LogP contribution in [0.3, 0.4) is 0 Å². The van der Waals surface area contributed by atoms with E-state index < -0.39 is 4.92 Å². The third-order valence-corrected chi connectivity index (χ3v) is 3.02. The number of rotatable bonds is 4. The van der Waals surface area contributed by atoms with Gasteiger partial charge >= 0.3 is 0 Å². The SMILES string of the molecule is CC(C)C(N)c1ncc(-c2ccc([N+](=O)[O-])cc2)[nH]1. The lowest BCUT2D eigenvalue weighted by Crippen LogP contribution is -2.18. The molecule has 0 aliphatic carbocycles. The molecule has 6 heteroatoms. The van der Waals surface area contributed by atoms with E-state index in [0.717, 1.165) is 17.1 Å². The number of imidazole rings is 1. The molecule has 0 spiro atoms. The van der Waals surface area contributed by atoms with E-state index in [2.05, 4.69) is 9.97 Å². The van der Waals surface area contributed by atoms with E-state index in [-0.39, 0.29) is 17.6 Å². The quantitative estimate of drug-likeness (QED) is 0.652. The first-order valence-corrected chi connectivity index (χ1v) is 6.04. The Morgan fingerprint density at radius 3 is 2.47 bits per heavy atom. The van der Waals surface area contributed by atoms with Gasteiger partial charge in [-0.05, 0) is 18.1 Å². The van der Waals surface area contributed by atoms with Crippen molar-refractivity contribution in [2.24, 2.45) is 11.7 Å². The normalized spacial score (nSPS) is 12.6. The first-order chi connectivity index (χ1) is 8.99. The van der Waals surface area contributed by atoms with E-state index in [1.165, 1.54) is 12.1 Å². The molecule has 1 atom stereocenters. The molecule has 0 fully saturated rings. The van der Waals surface area contributed by atoms with E-state index in [9.17, 15) is 10.1 Å². The lowest BCUT2D eigenvalue weighted by atomic mass is 10.1. The van der Waals surface area contributed by atoms with Crippen molar-refractivity contribution in [1.29, 1.82) is 0 Å². The van der Waals surface area contributed by atoms with Gasteiger partial charge in [0.05, 0.1) is 22.9 Å². The molecule has 0 aliphatic rings. The summed E-state index contributed by atoms with van der Waals surface area (Å²) < 4.78 is 0. The van der Waals surface area contributed by atoms with Gasteiger partial charge in [-0.1, -0.05) is 13.8 Å². The molecule has 19 heavy (non-hydrogen) atoms. The molecule has 0 aliphatic heterocycles. The molecule has 3 N–H and O–H groups in total. The van der Waals surface area contributed by atoms with E-state index in [4.69, 9.17) is 5.73 Å². The molecule has 1 heterocycles. The van der Waals surface area contributed by atoms with E-state index in [1.807, 2.05) is 13.8 Å². The van der Waals surface area contributed by atoms with E-state index >= 15 is 0 Å². The number of aromatic nitrogens is 2. The zero-order valence-electron chi connectivity index (χ0n) is 10.8.